The Morgan fingerprint density at radius 3 is 1.90 bits per heavy atom. The Labute approximate surface area is 201 Å². The van der Waals surface area contributed by atoms with Gasteiger partial charge in [0, 0.05) is 10.1 Å². The zero-order valence-electron chi connectivity index (χ0n) is 16.8. The van der Waals surface area contributed by atoms with Crippen LogP contribution in [0.5, 0.6) is 0 Å². The molecular formula is C21H23Cl3INO2Si. The standard InChI is InChI=1S/C11H10Cl3NO2Si.C10H13I/c12-18(13,14)7-3-6-15-10(16)8-4-1-2-5-9(8)11(15)17;1-6-5-10(11)9(4)8(3)7(6)2/h1-2,4-5H,3,6-7H2;5H,1-4H3. The fourth-order valence-electron chi connectivity index (χ4n) is 3.04. The third-order valence-corrected chi connectivity index (χ3v) is 8.88. The molecule has 0 aromatic heterocycles. The maximum atomic E-state index is 12.0. The van der Waals surface area contributed by atoms with Crippen molar-refractivity contribution in [1.82, 2.24) is 4.90 Å². The number of imide groups is 1. The van der Waals surface area contributed by atoms with E-state index >= 15 is 0 Å². The van der Waals surface area contributed by atoms with Crippen LogP contribution in [0.2, 0.25) is 6.04 Å². The van der Waals surface area contributed by atoms with Crippen LogP contribution in [0.4, 0.5) is 0 Å². The SMILES string of the molecule is Cc1cc(I)c(C)c(C)c1C.O=C1c2ccccc2C(=O)N1CCC[Si](Cl)(Cl)Cl. The number of hydrogen-bond donors (Lipinski definition) is 0. The van der Waals surface area contributed by atoms with Crippen molar-refractivity contribution in [1.29, 1.82) is 0 Å². The molecule has 2 aromatic carbocycles. The highest BCUT2D eigenvalue weighted by Crippen LogP contribution is 2.28. The molecule has 0 saturated carbocycles. The maximum absolute atomic E-state index is 12.0. The highest BCUT2D eigenvalue weighted by molar-refractivity contribution is 14.1. The number of hydrogen-bond acceptors (Lipinski definition) is 2. The second-order valence-electron chi connectivity index (χ2n) is 7.08. The monoisotopic (exact) mass is 581 g/mol. The Balaban J connectivity index is 0.000000234. The van der Waals surface area contributed by atoms with E-state index in [2.05, 4.69) is 56.4 Å². The lowest BCUT2D eigenvalue weighted by atomic mass is 10.0. The van der Waals surface area contributed by atoms with Crippen molar-refractivity contribution in [2.45, 2.75) is 40.2 Å². The summed E-state index contributed by atoms with van der Waals surface area (Å²) >= 11 is 19.7. The Bertz CT molecular complexity index is 883. The number of benzene rings is 2. The maximum Gasteiger partial charge on any atom is 0.341 e. The van der Waals surface area contributed by atoms with Crippen molar-refractivity contribution in [2.75, 3.05) is 6.54 Å². The Hall–Kier alpha value is -0.603. The summed E-state index contributed by atoms with van der Waals surface area (Å²) < 4.78 is 1.38. The average molecular weight is 583 g/mol. The van der Waals surface area contributed by atoms with Gasteiger partial charge in [0.05, 0.1) is 11.1 Å². The zero-order valence-corrected chi connectivity index (χ0v) is 22.2. The van der Waals surface area contributed by atoms with E-state index in [0.717, 1.165) is 0 Å². The van der Waals surface area contributed by atoms with E-state index in [4.69, 9.17) is 33.2 Å². The van der Waals surface area contributed by atoms with E-state index < -0.39 is 6.00 Å². The molecule has 0 spiro atoms. The first-order valence-corrected chi connectivity index (χ1v) is 15.5. The molecule has 8 heteroatoms. The van der Waals surface area contributed by atoms with Gasteiger partial charge in [0.25, 0.3) is 11.8 Å². The molecule has 0 radical (unpaired) electrons. The van der Waals surface area contributed by atoms with Gasteiger partial charge in [-0.1, -0.05) is 12.1 Å². The summed E-state index contributed by atoms with van der Waals surface area (Å²) in [6, 6.07) is 6.78. The summed E-state index contributed by atoms with van der Waals surface area (Å²) in [5.74, 6) is -0.525. The van der Waals surface area contributed by atoms with Crippen molar-refractivity contribution >= 4 is 73.6 Å². The second kappa shape index (κ2) is 10.1. The molecule has 156 valence electrons. The zero-order chi connectivity index (χ0) is 21.9. The van der Waals surface area contributed by atoms with Gasteiger partial charge in [-0.25, -0.2) is 0 Å². The molecule has 29 heavy (non-hydrogen) atoms. The minimum absolute atomic E-state index is 0.262. The second-order valence-corrected chi connectivity index (χ2v) is 17.5. The summed E-state index contributed by atoms with van der Waals surface area (Å²) in [6.45, 7) is 9.04. The fourth-order valence-corrected chi connectivity index (χ4v) is 5.68. The fraction of sp³-hybridized carbons (Fsp3) is 0.333. The molecule has 0 unspecified atom stereocenters. The lowest BCUT2D eigenvalue weighted by Crippen LogP contribution is -2.31. The van der Waals surface area contributed by atoms with Gasteiger partial charge in [-0.15, -0.1) is 33.2 Å². The van der Waals surface area contributed by atoms with Crippen LogP contribution in [0, 0.1) is 31.3 Å². The molecule has 0 fully saturated rings. The molecule has 0 N–H and O–H groups in total. The number of halogens is 4. The van der Waals surface area contributed by atoms with Crippen LogP contribution < -0.4 is 0 Å². The molecule has 1 aliphatic heterocycles. The van der Waals surface area contributed by atoms with E-state index in [-0.39, 0.29) is 11.8 Å². The molecule has 2 amide bonds. The van der Waals surface area contributed by atoms with Crippen LogP contribution in [-0.4, -0.2) is 29.3 Å². The molecule has 3 rings (SSSR count). The van der Waals surface area contributed by atoms with Crippen LogP contribution in [0.3, 0.4) is 0 Å². The summed E-state index contributed by atoms with van der Waals surface area (Å²) in [5, 5.41) is 0. The molecule has 1 aliphatic rings. The molecular weight excluding hydrogens is 560 g/mol. The topological polar surface area (TPSA) is 37.4 Å². The van der Waals surface area contributed by atoms with Gasteiger partial charge in [-0.3, -0.25) is 14.5 Å². The van der Waals surface area contributed by atoms with Crippen molar-refractivity contribution < 1.29 is 9.59 Å². The van der Waals surface area contributed by atoms with Crippen molar-refractivity contribution in [3.05, 3.63) is 67.3 Å². The van der Waals surface area contributed by atoms with E-state index in [1.165, 1.54) is 30.7 Å². The largest absolute Gasteiger partial charge is 0.341 e. The van der Waals surface area contributed by atoms with E-state index in [0.29, 0.717) is 30.1 Å². The highest BCUT2D eigenvalue weighted by atomic mass is 127. The van der Waals surface area contributed by atoms with Crippen LogP contribution in [0.25, 0.3) is 0 Å². The minimum atomic E-state index is -2.69. The summed E-state index contributed by atoms with van der Waals surface area (Å²) in [4.78, 5) is 25.2. The number of carbonyl (C=O) groups is 2. The third kappa shape index (κ3) is 6.20. The number of fused-ring (bicyclic) bond motifs is 1. The highest BCUT2D eigenvalue weighted by Gasteiger charge is 2.35. The summed E-state index contributed by atoms with van der Waals surface area (Å²) in [6.07, 6.45) is 0.522. The van der Waals surface area contributed by atoms with Gasteiger partial charge in [0.1, 0.15) is 0 Å². The van der Waals surface area contributed by atoms with Gasteiger partial charge in [0.2, 0.25) is 0 Å². The molecule has 0 atom stereocenters. The number of aryl methyl sites for hydroxylation is 1. The molecule has 0 saturated heterocycles. The van der Waals surface area contributed by atoms with Crippen LogP contribution in [-0.2, 0) is 0 Å². The van der Waals surface area contributed by atoms with Crippen molar-refractivity contribution in [3.8, 4) is 0 Å². The van der Waals surface area contributed by atoms with E-state index in [1.54, 1.807) is 24.3 Å². The van der Waals surface area contributed by atoms with Gasteiger partial charge in [0.15, 0.2) is 0 Å². The molecule has 0 bridgehead atoms. The average Bonchev–Trinajstić information content (AvgIpc) is 2.90. The lowest BCUT2D eigenvalue weighted by Gasteiger charge is -2.14. The lowest BCUT2D eigenvalue weighted by molar-refractivity contribution is 0.0654. The summed E-state index contributed by atoms with van der Waals surface area (Å²) in [7, 11) is 0. The first-order valence-electron chi connectivity index (χ1n) is 9.19. The number of amides is 2. The van der Waals surface area contributed by atoms with E-state index in [9.17, 15) is 9.59 Å². The smallest absolute Gasteiger partial charge is 0.274 e. The van der Waals surface area contributed by atoms with Crippen LogP contribution >= 0.6 is 55.8 Å². The first-order chi connectivity index (χ1) is 13.4. The molecule has 3 nitrogen and oxygen atoms in total. The van der Waals surface area contributed by atoms with Gasteiger partial charge < -0.3 is 0 Å². The number of carbonyl (C=O) groups excluding carboxylic acids is 2. The molecule has 1 heterocycles. The number of rotatable bonds is 4. The molecule has 2 aromatic rings. The first kappa shape index (κ1) is 24.7. The van der Waals surface area contributed by atoms with Gasteiger partial charge in [-0.2, -0.15) is 0 Å². The Morgan fingerprint density at radius 1 is 0.897 bits per heavy atom. The Morgan fingerprint density at radius 2 is 1.41 bits per heavy atom. The van der Waals surface area contributed by atoms with Crippen LogP contribution in [0.1, 0.15) is 49.4 Å². The van der Waals surface area contributed by atoms with Gasteiger partial charge in [-0.05, 0) is 103 Å². The van der Waals surface area contributed by atoms with Crippen molar-refractivity contribution in [3.63, 3.8) is 0 Å². The predicted octanol–water partition coefficient (Wildman–Crippen LogP) is 6.85. The predicted molar refractivity (Wildman–Crippen MR) is 133 cm³/mol. The normalized spacial score (nSPS) is 13.3. The van der Waals surface area contributed by atoms with Crippen molar-refractivity contribution in [2.24, 2.45) is 0 Å². The third-order valence-electron chi connectivity index (χ3n) is 5.14. The summed E-state index contributed by atoms with van der Waals surface area (Å²) in [5.41, 5.74) is 6.60. The van der Waals surface area contributed by atoms with Crippen LogP contribution in [0.15, 0.2) is 30.3 Å². The number of nitrogens with zero attached hydrogens (tertiary/aromatic N) is 1. The molecule has 0 aliphatic carbocycles. The van der Waals surface area contributed by atoms with Gasteiger partial charge >= 0.3 is 6.00 Å². The minimum Gasteiger partial charge on any atom is -0.274 e. The Kier molecular flexibility index (Phi) is 8.62. The quantitative estimate of drug-likeness (QED) is 0.171. The van der Waals surface area contributed by atoms with E-state index in [1.807, 2.05) is 0 Å².